The summed E-state index contributed by atoms with van der Waals surface area (Å²) in [7, 11) is 4.29. The molecule has 1 atom stereocenters. The molecule has 30 heavy (non-hydrogen) atoms. The monoisotopic (exact) mass is 410 g/mol. The second-order valence-corrected chi connectivity index (χ2v) is 6.24. The first kappa shape index (κ1) is 21.1. The Labute approximate surface area is 174 Å². The third-order valence-corrected chi connectivity index (χ3v) is 4.62. The van der Waals surface area contributed by atoms with Crippen molar-refractivity contribution in [1.82, 2.24) is 9.97 Å². The van der Waals surface area contributed by atoms with E-state index >= 15 is 0 Å². The fourth-order valence-electron chi connectivity index (χ4n) is 3.24. The van der Waals surface area contributed by atoms with E-state index in [1.165, 1.54) is 27.4 Å². The molecule has 3 aromatic rings. The van der Waals surface area contributed by atoms with Crippen LogP contribution in [-0.2, 0) is 15.1 Å². The summed E-state index contributed by atoms with van der Waals surface area (Å²) in [5.74, 6) is -0.915. The van der Waals surface area contributed by atoms with Gasteiger partial charge in [0.05, 0.1) is 20.3 Å². The molecule has 0 radical (unpaired) electrons. The van der Waals surface area contributed by atoms with Gasteiger partial charge in [-0.15, -0.1) is 0 Å². The number of hydrogen-bond donors (Lipinski definition) is 1. The standard InChI is InChI=1S/C22H22N2O6/c1-27-17-14-18(28-2)24-21(23-17)30-19(20(25)26)22(29-3,15-10-6-4-7-11-15)16-12-8-5-9-13-16/h4-14,19H,1-3H3,(H,25,26)/t19-/m0/s1. The van der Waals surface area contributed by atoms with Crippen LogP contribution in [0, 0.1) is 0 Å². The minimum absolute atomic E-state index is 0.170. The maximum Gasteiger partial charge on any atom is 0.348 e. The van der Waals surface area contributed by atoms with Crippen molar-refractivity contribution in [3.05, 3.63) is 77.9 Å². The Balaban J connectivity index is 2.18. The molecule has 0 saturated heterocycles. The zero-order valence-corrected chi connectivity index (χ0v) is 16.8. The second kappa shape index (κ2) is 9.23. The predicted molar refractivity (Wildman–Crippen MR) is 108 cm³/mol. The van der Waals surface area contributed by atoms with Crippen LogP contribution in [0.5, 0.6) is 17.8 Å². The fourth-order valence-corrected chi connectivity index (χ4v) is 3.24. The van der Waals surface area contributed by atoms with Gasteiger partial charge in [-0.1, -0.05) is 60.7 Å². The molecule has 0 aliphatic rings. The maximum absolute atomic E-state index is 12.4. The van der Waals surface area contributed by atoms with Crippen molar-refractivity contribution in [2.24, 2.45) is 0 Å². The molecule has 0 aliphatic heterocycles. The molecule has 8 heteroatoms. The van der Waals surface area contributed by atoms with Crippen LogP contribution in [-0.4, -0.2) is 48.5 Å². The molecule has 8 nitrogen and oxygen atoms in total. The highest BCUT2D eigenvalue weighted by molar-refractivity contribution is 5.76. The highest BCUT2D eigenvalue weighted by Gasteiger charge is 2.49. The van der Waals surface area contributed by atoms with Gasteiger partial charge in [0, 0.05) is 7.11 Å². The lowest BCUT2D eigenvalue weighted by Gasteiger charge is -2.37. The molecule has 3 rings (SSSR count). The molecule has 1 aromatic heterocycles. The molecule has 1 N–H and O–H groups in total. The van der Waals surface area contributed by atoms with E-state index in [2.05, 4.69) is 9.97 Å². The van der Waals surface area contributed by atoms with Crippen molar-refractivity contribution < 1.29 is 28.8 Å². The van der Waals surface area contributed by atoms with Crippen molar-refractivity contribution in [2.75, 3.05) is 21.3 Å². The molecule has 1 heterocycles. The van der Waals surface area contributed by atoms with Gasteiger partial charge in [-0.05, 0) is 11.1 Å². The molecule has 0 aliphatic carbocycles. The third kappa shape index (κ3) is 4.04. The fraction of sp³-hybridized carbons (Fsp3) is 0.227. The number of aliphatic carboxylic acids is 1. The van der Waals surface area contributed by atoms with Crippen LogP contribution in [0.2, 0.25) is 0 Å². The molecule has 0 saturated carbocycles. The summed E-state index contributed by atoms with van der Waals surface area (Å²) in [6, 6.07) is 19.2. The number of aromatic nitrogens is 2. The summed E-state index contributed by atoms with van der Waals surface area (Å²) in [5, 5.41) is 10.2. The minimum atomic E-state index is -1.52. The van der Waals surface area contributed by atoms with Crippen LogP contribution in [0.3, 0.4) is 0 Å². The number of nitrogens with zero attached hydrogens (tertiary/aromatic N) is 2. The van der Waals surface area contributed by atoms with Crippen LogP contribution >= 0.6 is 0 Å². The average Bonchev–Trinajstić information content (AvgIpc) is 2.80. The summed E-state index contributed by atoms with van der Waals surface area (Å²) in [6.45, 7) is 0. The van der Waals surface area contributed by atoms with E-state index < -0.39 is 17.7 Å². The van der Waals surface area contributed by atoms with Gasteiger partial charge in [-0.25, -0.2) is 4.79 Å². The molecule has 0 spiro atoms. The van der Waals surface area contributed by atoms with Crippen LogP contribution in [0.25, 0.3) is 0 Å². The maximum atomic E-state index is 12.4. The number of carbonyl (C=O) groups is 1. The number of methoxy groups -OCH3 is 3. The lowest BCUT2D eigenvalue weighted by atomic mass is 9.81. The number of carboxylic acid groups (broad SMARTS) is 1. The van der Waals surface area contributed by atoms with Gasteiger partial charge < -0.3 is 24.1 Å². The van der Waals surface area contributed by atoms with Crippen molar-refractivity contribution in [3.8, 4) is 17.8 Å². The number of carboxylic acids is 1. The number of rotatable bonds is 9. The van der Waals surface area contributed by atoms with E-state index in [0.717, 1.165) is 0 Å². The van der Waals surface area contributed by atoms with Crippen molar-refractivity contribution in [1.29, 1.82) is 0 Å². The first-order valence-corrected chi connectivity index (χ1v) is 9.08. The number of ether oxygens (including phenoxy) is 4. The molecular weight excluding hydrogens is 388 g/mol. The average molecular weight is 410 g/mol. The smallest absolute Gasteiger partial charge is 0.348 e. The van der Waals surface area contributed by atoms with E-state index in [0.29, 0.717) is 11.1 Å². The Morgan fingerprint density at radius 3 is 1.70 bits per heavy atom. The third-order valence-electron chi connectivity index (χ3n) is 4.62. The molecule has 0 amide bonds. The van der Waals surface area contributed by atoms with Gasteiger partial charge in [-0.3, -0.25) is 0 Å². The van der Waals surface area contributed by atoms with Crippen molar-refractivity contribution >= 4 is 5.97 Å². The van der Waals surface area contributed by atoms with E-state index in [1.54, 1.807) is 48.5 Å². The molecule has 0 bridgehead atoms. The lowest BCUT2D eigenvalue weighted by Crippen LogP contribution is -2.50. The van der Waals surface area contributed by atoms with E-state index in [1.807, 2.05) is 12.1 Å². The predicted octanol–water partition coefficient (Wildman–Crippen LogP) is 2.92. The quantitative estimate of drug-likeness (QED) is 0.575. The zero-order chi connectivity index (χ0) is 21.6. The second-order valence-electron chi connectivity index (χ2n) is 6.24. The summed E-state index contributed by atoms with van der Waals surface area (Å²) in [4.78, 5) is 20.6. The normalized spacial score (nSPS) is 12.1. The van der Waals surface area contributed by atoms with E-state index in [4.69, 9.17) is 18.9 Å². The molecule has 0 unspecified atom stereocenters. The summed E-state index contributed by atoms with van der Waals surface area (Å²) < 4.78 is 22.0. The van der Waals surface area contributed by atoms with E-state index in [-0.39, 0.29) is 17.8 Å². The summed E-state index contributed by atoms with van der Waals surface area (Å²) in [5.41, 5.74) is -0.282. The van der Waals surface area contributed by atoms with Gasteiger partial charge in [0.25, 0.3) is 0 Å². The van der Waals surface area contributed by atoms with Gasteiger partial charge in [0.15, 0.2) is 5.60 Å². The number of hydrogen-bond acceptors (Lipinski definition) is 7. The first-order chi connectivity index (χ1) is 14.5. The van der Waals surface area contributed by atoms with Crippen LogP contribution in [0.4, 0.5) is 0 Å². The van der Waals surface area contributed by atoms with Gasteiger partial charge in [0.1, 0.15) is 0 Å². The van der Waals surface area contributed by atoms with E-state index in [9.17, 15) is 9.90 Å². The molecule has 156 valence electrons. The van der Waals surface area contributed by atoms with Crippen LogP contribution in [0.1, 0.15) is 11.1 Å². The Bertz CT molecular complexity index is 920. The van der Waals surface area contributed by atoms with Crippen LogP contribution < -0.4 is 14.2 Å². The Kier molecular flexibility index (Phi) is 6.48. The molecule has 0 fully saturated rings. The van der Waals surface area contributed by atoms with Gasteiger partial charge in [0.2, 0.25) is 17.9 Å². The first-order valence-electron chi connectivity index (χ1n) is 9.08. The highest BCUT2D eigenvalue weighted by Crippen LogP contribution is 2.38. The zero-order valence-electron chi connectivity index (χ0n) is 16.8. The Hall–Kier alpha value is -3.65. The summed E-state index contributed by atoms with van der Waals surface area (Å²) >= 11 is 0. The highest BCUT2D eigenvalue weighted by atomic mass is 16.6. The minimum Gasteiger partial charge on any atom is -0.481 e. The molecular formula is C22H22N2O6. The number of benzene rings is 2. The van der Waals surface area contributed by atoms with Crippen molar-refractivity contribution in [2.45, 2.75) is 11.7 Å². The van der Waals surface area contributed by atoms with Crippen molar-refractivity contribution in [3.63, 3.8) is 0 Å². The SMILES string of the molecule is COc1cc(OC)nc(O[C@@H](C(=O)O)C(OC)(c2ccccc2)c2ccccc2)n1. The van der Waals surface area contributed by atoms with Gasteiger partial charge >= 0.3 is 12.0 Å². The van der Waals surface area contributed by atoms with Crippen LogP contribution in [0.15, 0.2) is 66.7 Å². The Morgan fingerprint density at radius 1 is 0.867 bits per heavy atom. The molecule has 2 aromatic carbocycles. The topological polar surface area (TPSA) is 100 Å². The van der Waals surface area contributed by atoms with Gasteiger partial charge in [-0.2, -0.15) is 9.97 Å². The Morgan fingerprint density at radius 2 is 1.33 bits per heavy atom. The largest absolute Gasteiger partial charge is 0.481 e. The lowest BCUT2D eigenvalue weighted by molar-refractivity contribution is -0.160. The summed E-state index contributed by atoms with van der Waals surface area (Å²) in [6.07, 6.45) is -1.52.